The molecule has 0 radical (unpaired) electrons. The first-order chi connectivity index (χ1) is 8.64. The summed E-state index contributed by atoms with van der Waals surface area (Å²) in [6, 6.07) is 0. The van der Waals surface area contributed by atoms with Crippen molar-refractivity contribution in [2.24, 2.45) is 0 Å². The van der Waals surface area contributed by atoms with Gasteiger partial charge < -0.3 is 4.42 Å². The maximum Gasteiger partial charge on any atom is 0.231 e. The average molecular weight is 260 g/mol. The normalized spacial score (nSPS) is 18.3. The number of rotatable bonds is 0. The molecule has 0 fully saturated rings. The first kappa shape index (κ1) is 10.4. The van der Waals surface area contributed by atoms with Gasteiger partial charge in [-0.25, -0.2) is 14.5 Å². The van der Waals surface area contributed by atoms with Gasteiger partial charge in [-0.3, -0.25) is 0 Å². The van der Waals surface area contributed by atoms with Crippen LogP contribution in [0.25, 0.3) is 16.7 Å². The zero-order valence-electron chi connectivity index (χ0n) is 10.2. The lowest BCUT2D eigenvalue weighted by atomic mass is 10.00. The Balaban J connectivity index is 2.10. The van der Waals surface area contributed by atoms with Crippen molar-refractivity contribution in [1.29, 1.82) is 0 Å². The van der Waals surface area contributed by atoms with Crippen molar-refractivity contribution >= 4 is 28.5 Å². The number of nitrogens with zero attached hydrogens (tertiary/aromatic N) is 4. The molecule has 0 saturated carbocycles. The quantitative estimate of drug-likeness (QED) is 0.621. The van der Waals surface area contributed by atoms with Crippen LogP contribution >= 0.6 is 11.8 Å². The van der Waals surface area contributed by atoms with Crippen LogP contribution in [0.4, 0.5) is 0 Å². The molecule has 92 valence electrons. The fourth-order valence-corrected chi connectivity index (χ4v) is 3.48. The summed E-state index contributed by atoms with van der Waals surface area (Å²) in [6.07, 6.45) is 4.19. The molecule has 4 heterocycles. The highest BCUT2D eigenvalue weighted by Crippen LogP contribution is 2.42. The van der Waals surface area contributed by atoms with Crippen molar-refractivity contribution in [3.05, 3.63) is 24.0 Å². The highest BCUT2D eigenvalue weighted by molar-refractivity contribution is 7.99. The maximum absolute atomic E-state index is 5.85. The number of fused-ring (bicyclic) bond motifs is 5. The molecule has 0 unspecified atom stereocenters. The van der Waals surface area contributed by atoms with Gasteiger partial charge in [0.05, 0.1) is 11.1 Å². The highest BCUT2D eigenvalue weighted by Gasteiger charge is 2.31. The fourth-order valence-electron chi connectivity index (χ4n) is 2.48. The molecule has 0 atom stereocenters. The van der Waals surface area contributed by atoms with Gasteiger partial charge in [0.25, 0.3) is 0 Å². The predicted octanol–water partition coefficient (Wildman–Crippen LogP) is 2.44. The third-order valence-corrected chi connectivity index (χ3v) is 4.68. The third kappa shape index (κ3) is 1.32. The summed E-state index contributed by atoms with van der Waals surface area (Å²) < 4.78 is 7.78. The molecule has 0 amide bonds. The van der Waals surface area contributed by atoms with Crippen LogP contribution in [0.2, 0.25) is 0 Å². The van der Waals surface area contributed by atoms with E-state index in [4.69, 9.17) is 4.42 Å². The van der Waals surface area contributed by atoms with Crippen molar-refractivity contribution < 1.29 is 4.42 Å². The lowest BCUT2D eigenvalue weighted by Gasteiger charge is -2.27. The lowest BCUT2D eigenvalue weighted by Crippen LogP contribution is -2.22. The monoisotopic (exact) mass is 260 g/mol. The molecule has 0 bridgehead atoms. The minimum atomic E-state index is 0.233. The van der Waals surface area contributed by atoms with E-state index < -0.39 is 0 Å². The topological polar surface area (TPSA) is 56.2 Å². The zero-order chi connectivity index (χ0) is 12.3. The van der Waals surface area contributed by atoms with E-state index in [1.165, 1.54) is 5.56 Å². The van der Waals surface area contributed by atoms with Crippen LogP contribution in [-0.4, -0.2) is 24.3 Å². The second kappa shape index (κ2) is 3.26. The molecule has 5 nitrogen and oxygen atoms in total. The van der Waals surface area contributed by atoms with Gasteiger partial charge >= 0.3 is 0 Å². The first-order valence-corrected chi connectivity index (χ1v) is 6.85. The molecule has 18 heavy (non-hydrogen) atoms. The Morgan fingerprint density at radius 3 is 3.17 bits per heavy atom. The number of aromatic nitrogens is 4. The van der Waals surface area contributed by atoms with Crippen LogP contribution in [0.1, 0.15) is 25.2 Å². The summed E-state index contributed by atoms with van der Waals surface area (Å²) in [5.41, 5.74) is 2.77. The molecule has 0 aromatic carbocycles. The molecular weight excluding hydrogens is 248 g/mol. The molecule has 0 aliphatic carbocycles. The summed E-state index contributed by atoms with van der Waals surface area (Å²) in [5.74, 6) is 1.94. The summed E-state index contributed by atoms with van der Waals surface area (Å²) in [4.78, 5) is 8.64. The Bertz CT molecular complexity index is 758. The molecule has 3 aromatic heterocycles. The number of hydrogen-bond acceptors (Lipinski definition) is 5. The van der Waals surface area contributed by atoms with Crippen LogP contribution in [0.15, 0.2) is 17.1 Å². The molecule has 4 rings (SSSR count). The predicted molar refractivity (Wildman–Crippen MR) is 69.6 cm³/mol. The van der Waals surface area contributed by atoms with Crippen molar-refractivity contribution in [3.8, 4) is 0 Å². The minimum absolute atomic E-state index is 0.233. The van der Waals surface area contributed by atoms with Gasteiger partial charge in [-0.05, 0) is 6.42 Å². The Morgan fingerprint density at radius 1 is 1.39 bits per heavy atom. The smallest absolute Gasteiger partial charge is 0.231 e. The molecule has 1 aliphatic heterocycles. The number of furan rings is 1. The van der Waals surface area contributed by atoms with E-state index in [0.717, 1.165) is 29.0 Å². The van der Waals surface area contributed by atoms with E-state index in [1.807, 2.05) is 11.8 Å². The first-order valence-electron chi connectivity index (χ1n) is 5.87. The van der Waals surface area contributed by atoms with Crippen LogP contribution in [0.5, 0.6) is 0 Å². The molecular formula is C12H12N4OS. The summed E-state index contributed by atoms with van der Waals surface area (Å²) in [7, 11) is 0. The molecule has 6 heteroatoms. The van der Waals surface area contributed by atoms with Crippen LogP contribution in [0, 0.1) is 0 Å². The van der Waals surface area contributed by atoms with Crippen LogP contribution in [-0.2, 0) is 12.2 Å². The highest BCUT2D eigenvalue weighted by atomic mass is 32.2. The van der Waals surface area contributed by atoms with Crippen molar-refractivity contribution in [1.82, 2.24) is 19.6 Å². The molecule has 3 aromatic rings. The summed E-state index contributed by atoms with van der Waals surface area (Å²) in [6.45, 7) is 4.52. The zero-order valence-corrected chi connectivity index (χ0v) is 11.0. The van der Waals surface area contributed by atoms with Gasteiger partial charge in [0, 0.05) is 10.3 Å². The van der Waals surface area contributed by atoms with Crippen molar-refractivity contribution in [2.45, 2.75) is 30.8 Å². The largest absolute Gasteiger partial charge is 0.441 e. The second-order valence-corrected chi connectivity index (χ2v) is 6.86. The third-order valence-electron chi connectivity index (χ3n) is 3.35. The number of hydrogen-bond donors (Lipinski definition) is 0. The van der Waals surface area contributed by atoms with E-state index in [0.29, 0.717) is 5.71 Å². The van der Waals surface area contributed by atoms with Crippen molar-refractivity contribution in [2.75, 3.05) is 0 Å². The van der Waals surface area contributed by atoms with Gasteiger partial charge in [-0.15, -0.1) is 11.8 Å². The van der Waals surface area contributed by atoms with Crippen LogP contribution in [0.3, 0.4) is 0 Å². The standard InChI is InChI=1S/C12H12N4OS/c1-12(2)3-7-8(4-18-12)17-11-9(7)10-13-5-15-16(10)6-14-11/h5-6H,3-4H2,1-2H3. The van der Waals surface area contributed by atoms with E-state index in [1.54, 1.807) is 17.2 Å². The lowest BCUT2D eigenvalue weighted by molar-refractivity contribution is 0.542. The molecule has 0 N–H and O–H groups in total. The SMILES string of the molecule is CC1(C)Cc2c(oc3ncn4ncnc4c23)CS1. The van der Waals surface area contributed by atoms with Crippen LogP contribution < -0.4 is 0 Å². The maximum atomic E-state index is 5.85. The summed E-state index contributed by atoms with van der Waals surface area (Å²) in [5, 5.41) is 5.16. The molecule has 0 saturated heterocycles. The van der Waals surface area contributed by atoms with E-state index >= 15 is 0 Å². The second-order valence-electron chi connectivity index (χ2n) is 5.18. The molecule has 0 spiro atoms. The Labute approximate surface area is 108 Å². The number of thioether (sulfide) groups is 1. The van der Waals surface area contributed by atoms with E-state index in [9.17, 15) is 0 Å². The minimum Gasteiger partial charge on any atom is -0.441 e. The summed E-state index contributed by atoms with van der Waals surface area (Å²) >= 11 is 1.92. The Kier molecular flexibility index (Phi) is 1.88. The van der Waals surface area contributed by atoms with Crippen molar-refractivity contribution in [3.63, 3.8) is 0 Å². The van der Waals surface area contributed by atoms with Gasteiger partial charge in [0.1, 0.15) is 18.4 Å². The Morgan fingerprint density at radius 2 is 2.28 bits per heavy atom. The molecule has 1 aliphatic rings. The van der Waals surface area contributed by atoms with Gasteiger partial charge in [0.2, 0.25) is 5.71 Å². The fraction of sp³-hybridized carbons (Fsp3) is 0.417. The van der Waals surface area contributed by atoms with Gasteiger partial charge in [0.15, 0.2) is 5.65 Å². The average Bonchev–Trinajstić information content (AvgIpc) is 2.89. The van der Waals surface area contributed by atoms with E-state index in [2.05, 4.69) is 28.9 Å². The van der Waals surface area contributed by atoms with Gasteiger partial charge in [-0.2, -0.15) is 5.10 Å². The Hall–Kier alpha value is -1.56. The van der Waals surface area contributed by atoms with Gasteiger partial charge in [-0.1, -0.05) is 13.8 Å². The van der Waals surface area contributed by atoms with E-state index in [-0.39, 0.29) is 4.75 Å².